The van der Waals surface area contributed by atoms with Crippen LogP contribution in [-0.2, 0) is 0 Å². The predicted octanol–water partition coefficient (Wildman–Crippen LogP) is 3.48. The molecule has 1 N–H and O–H groups in total. The fourth-order valence-electron chi connectivity index (χ4n) is 2.29. The van der Waals surface area contributed by atoms with Crippen LogP contribution < -0.4 is 9.47 Å². The minimum atomic E-state index is -2.56. The van der Waals surface area contributed by atoms with Gasteiger partial charge in [-0.2, -0.15) is 0 Å². The maximum atomic E-state index is 12.7. The summed E-state index contributed by atoms with van der Waals surface area (Å²) in [5.41, 5.74) is 0.888. The SMILES string of the molecule is OC(c1cccc(C(F)F)c1)c1ccc2c(c1)OCCO2. The van der Waals surface area contributed by atoms with Crippen molar-refractivity contribution in [1.29, 1.82) is 0 Å². The molecule has 3 rings (SSSR count). The lowest BCUT2D eigenvalue weighted by molar-refractivity contribution is 0.150. The van der Waals surface area contributed by atoms with Crippen LogP contribution in [0.5, 0.6) is 11.5 Å². The Morgan fingerprint density at radius 2 is 1.52 bits per heavy atom. The standard InChI is InChI=1S/C16H14F2O3/c17-16(18)12-3-1-2-10(8-12)15(19)11-4-5-13-14(9-11)21-7-6-20-13/h1-5,8-9,15-16,19H,6-7H2. The van der Waals surface area contributed by atoms with Crippen molar-refractivity contribution in [3.8, 4) is 11.5 Å². The average Bonchev–Trinajstić information content (AvgIpc) is 2.53. The van der Waals surface area contributed by atoms with Gasteiger partial charge in [0.05, 0.1) is 0 Å². The van der Waals surface area contributed by atoms with E-state index < -0.39 is 12.5 Å². The highest BCUT2D eigenvalue weighted by molar-refractivity contribution is 5.46. The van der Waals surface area contributed by atoms with Gasteiger partial charge in [-0.3, -0.25) is 0 Å². The fourth-order valence-corrected chi connectivity index (χ4v) is 2.29. The lowest BCUT2D eigenvalue weighted by Gasteiger charge is -2.20. The van der Waals surface area contributed by atoms with Gasteiger partial charge in [-0.05, 0) is 29.3 Å². The highest BCUT2D eigenvalue weighted by Crippen LogP contribution is 2.34. The molecular weight excluding hydrogens is 278 g/mol. The zero-order chi connectivity index (χ0) is 14.8. The first-order valence-corrected chi connectivity index (χ1v) is 6.61. The Bertz CT molecular complexity index is 643. The van der Waals surface area contributed by atoms with E-state index in [-0.39, 0.29) is 5.56 Å². The molecule has 0 saturated heterocycles. The molecule has 0 fully saturated rings. The summed E-state index contributed by atoms with van der Waals surface area (Å²) in [6.45, 7) is 0.943. The molecule has 5 heteroatoms. The van der Waals surface area contributed by atoms with E-state index in [9.17, 15) is 13.9 Å². The van der Waals surface area contributed by atoms with Crippen LogP contribution in [0.25, 0.3) is 0 Å². The molecule has 0 bridgehead atoms. The molecule has 1 aliphatic rings. The maximum Gasteiger partial charge on any atom is 0.263 e. The third-order valence-electron chi connectivity index (χ3n) is 3.36. The normalized spacial score (nSPS) is 15.0. The van der Waals surface area contributed by atoms with Gasteiger partial charge in [0.2, 0.25) is 0 Å². The first kappa shape index (κ1) is 13.8. The Morgan fingerprint density at radius 3 is 2.29 bits per heavy atom. The van der Waals surface area contributed by atoms with Crippen molar-refractivity contribution in [2.75, 3.05) is 13.2 Å². The number of ether oxygens (including phenoxy) is 2. The molecule has 0 amide bonds. The zero-order valence-electron chi connectivity index (χ0n) is 11.1. The molecule has 0 aromatic heterocycles. The topological polar surface area (TPSA) is 38.7 Å². The monoisotopic (exact) mass is 292 g/mol. The minimum absolute atomic E-state index is 0.107. The lowest BCUT2D eigenvalue weighted by Crippen LogP contribution is -2.15. The van der Waals surface area contributed by atoms with Gasteiger partial charge in [-0.15, -0.1) is 0 Å². The number of aliphatic hydroxyl groups excluding tert-OH is 1. The van der Waals surface area contributed by atoms with Gasteiger partial charge in [-0.1, -0.05) is 24.3 Å². The summed E-state index contributed by atoms with van der Waals surface area (Å²) in [5, 5.41) is 10.4. The predicted molar refractivity (Wildman–Crippen MR) is 72.9 cm³/mol. The van der Waals surface area contributed by atoms with Crippen LogP contribution in [0.15, 0.2) is 42.5 Å². The summed E-state index contributed by atoms with van der Waals surface area (Å²) in [6.07, 6.45) is -3.54. The number of alkyl halides is 2. The van der Waals surface area contributed by atoms with E-state index in [1.165, 1.54) is 18.2 Å². The van der Waals surface area contributed by atoms with Gasteiger partial charge in [0.25, 0.3) is 6.43 Å². The summed E-state index contributed by atoms with van der Waals surface area (Å²) in [6, 6.07) is 10.9. The van der Waals surface area contributed by atoms with Crippen molar-refractivity contribution in [1.82, 2.24) is 0 Å². The third-order valence-corrected chi connectivity index (χ3v) is 3.36. The molecular formula is C16H14F2O3. The summed E-state index contributed by atoms with van der Waals surface area (Å²) in [4.78, 5) is 0. The van der Waals surface area contributed by atoms with Crippen molar-refractivity contribution in [2.45, 2.75) is 12.5 Å². The molecule has 0 radical (unpaired) electrons. The first-order chi connectivity index (χ1) is 10.1. The Labute approximate surface area is 120 Å². The largest absolute Gasteiger partial charge is 0.486 e. The Hall–Kier alpha value is -2.14. The van der Waals surface area contributed by atoms with Crippen LogP contribution in [0.2, 0.25) is 0 Å². The van der Waals surface area contributed by atoms with E-state index in [1.54, 1.807) is 24.3 Å². The highest BCUT2D eigenvalue weighted by atomic mass is 19.3. The summed E-state index contributed by atoms with van der Waals surface area (Å²) < 4.78 is 36.3. The minimum Gasteiger partial charge on any atom is -0.486 e. The lowest BCUT2D eigenvalue weighted by atomic mass is 9.99. The zero-order valence-corrected chi connectivity index (χ0v) is 11.1. The first-order valence-electron chi connectivity index (χ1n) is 6.61. The van der Waals surface area contributed by atoms with Gasteiger partial charge in [-0.25, -0.2) is 8.78 Å². The van der Waals surface area contributed by atoms with E-state index in [0.29, 0.717) is 35.8 Å². The number of halogens is 2. The Kier molecular flexibility index (Phi) is 3.75. The van der Waals surface area contributed by atoms with Crippen LogP contribution in [0.4, 0.5) is 8.78 Å². The van der Waals surface area contributed by atoms with Crippen LogP contribution >= 0.6 is 0 Å². The smallest absolute Gasteiger partial charge is 0.263 e. The summed E-state index contributed by atoms with van der Waals surface area (Å²) in [5.74, 6) is 1.18. The third kappa shape index (κ3) is 2.83. The quantitative estimate of drug-likeness (QED) is 0.941. The van der Waals surface area contributed by atoms with Gasteiger partial charge in [0.15, 0.2) is 11.5 Å². The number of hydrogen-bond acceptors (Lipinski definition) is 3. The van der Waals surface area contributed by atoms with Gasteiger partial charge in [0, 0.05) is 5.56 Å². The van der Waals surface area contributed by atoms with Crippen molar-refractivity contribution in [3.05, 3.63) is 59.2 Å². The van der Waals surface area contributed by atoms with E-state index in [0.717, 1.165) is 0 Å². The summed E-state index contributed by atoms with van der Waals surface area (Å²) in [7, 11) is 0. The Morgan fingerprint density at radius 1 is 0.857 bits per heavy atom. The number of hydrogen-bond donors (Lipinski definition) is 1. The van der Waals surface area contributed by atoms with Gasteiger partial charge in [0.1, 0.15) is 19.3 Å². The van der Waals surface area contributed by atoms with Crippen LogP contribution in [-0.4, -0.2) is 18.3 Å². The molecule has 110 valence electrons. The molecule has 1 aliphatic heterocycles. The average molecular weight is 292 g/mol. The second kappa shape index (κ2) is 5.69. The molecule has 3 nitrogen and oxygen atoms in total. The van der Waals surface area contributed by atoms with Crippen molar-refractivity contribution in [2.24, 2.45) is 0 Å². The highest BCUT2D eigenvalue weighted by Gasteiger charge is 2.18. The molecule has 2 aromatic rings. The molecule has 0 aliphatic carbocycles. The van der Waals surface area contributed by atoms with Crippen molar-refractivity contribution >= 4 is 0 Å². The van der Waals surface area contributed by atoms with Crippen molar-refractivity contribution in [3.63, 3.8) is 0 Å². The molecule has 2 aromatic carbocycles. The fraction of sp³-hybridized carbons (Fsp3) is 0.250. The molecule has 0 saturated carbocycles. The molecule has 1 unspecified atom stereocenters. The van der Waals surface area contributed by atoms with E-state index in [4.69, 9.17) is 9.47 Å². The van der Waals surface area contributed by atoms with E-state index >= 15 is 0 Å². The summed E-state index contributed by atoms with van der Waals surface area (Å²) >= 11 is 0. The van der Waals surface area contributed by atoms with Crippen LogP contribution in [0.3, 0.4) is 0 Å². The molecule has 1 heterocycles. The second-order valence-electron chi connectivity index (χ2n) is 4.78. The Balaban J connectivity index is 1.91. The van der Waals surface area contributed by atoms with Gasteiger partial charge >= 0.3 is 0 Å². The number of benzene rings is 2. The van der Waals surface area contributed by atoms with Crippen LogP contribution in [0.1, 0.15) is 29.2 Å². The number of fused-ring (bicyclic) bond motifs is 1. The second-order valence-corrected chi connectivity index (χ2v) is 4.78. The molecule has 0 spiro atoms. The van der Waals surface area contributed by atoms with Crippen molar-refractivity contribution < 1.29 is 23.4 Å². The van der Waals surface area contributed by atoms with E-state index in [1.807, 2.05) is 0 Å². The van der Waals surface area contributed by atoms with Gasteiger partial charge < -0.3 is 14.6 Å². The van der Waals surface area contributed by atoms with E-state index in [2.05, 4.69) is 0 Å². The maximum absolute atomic E-state index is 12.7. The molecule has 21 heavy (non-hydrogen) atoms. The van der Waals surface area contributed by atoms with Crippen LogP contribution in [0, 0.1) is 0 Å². The molecule has 1 atom stereocenters. The number of rotatable bonds is 3. The number of aliphatic hydroxyl groups is 1.